The summed E-state index contributed by atoms with van der Waals surface area (Å²) in [6.45, 7) is 0. The number of hydrogen-bond donors (Lipinski definition) is 2. The fourth-order valence-electron chi connectivity index (χ4n) is 2.79. The second kappa shape index (κ2) is 2.01. The van der Waals surface area contributed by atoms with Crippen LogP contribution in [-0.4, -0.2) is 23.0 Å². The Balaban J connectivity index is 2.15. The first-order valence-corrected chi connectivity index (χ1v) is 4.43. The van der Waals surface area contributed by atoms with Crippen LogP contribution in [0, 0.1) is 11.8 Å². The van der Waals surface area contributed by atoms with Gasteiger partial charge in [0.1, 0.15) is 0 Å². The van der Waals surface area contributed by atoms with Gasteiger partial charge < -0.3 is 5.11 Å². The Morgan fingerprint density at radius 1 is 1.31 bits per heavy atom. The fourth-order valence-corrected chi connectivity index (χ4v) is 2.79. The lowest BCUT2D eigenvalue weighted by molar-refractivity contribution is -0.126. The van der Waals surface area contributed by atoms with Crippen LogP contribution in [0.2, 0.25) is 0 Å². The van der Waals surface area contributed by atoms with Crippen molar-refractivity contribution >= 4 is 11.8 Å². The molecule has 68 valence electrons. The molecule has 0 aromatic rings. The third-order valence-electron chi connectivity index (χ3n) is 3.32. The normalized spacial score (nSPS) is 41.5. The summed E-state index contributed by atoms with van der Waals surface area (Å²) in [6.07, 6.45) is 0.901. The average molecular weight is 179 g/mol. The topological polar surface area (TPSA) is 66.4 Å². The summed E-state index contributed by atoms with van der Waals surface area (Å²) in [5.74, 6) is -0.833. The molecule has 3 rings (SSSR count). The van der Waals surface area contributed by atoms with E-state index < -0.39 is 6.10 Å². The van der Waals surface area contributed by atoms with Crippen LogP contribution in [0.1, 0.15) is 12.8 Å². The maximum absolute atomic E-state index is 11.3. The summed E-state index contributed by atoms with van der Waals surface area (Å²) < 4.78 is 0. The molecule has 0 spiro atoms. The zero-order valence-electron chi connectivity index (χ0n) is 6.91. The van der Waals surface area contributed by atoms with E-state index >= 15 is 0 Å². The molecule has 3 aliphatic rings. The molecular formula is C9H9NO3. The molecule has 1 saturated carbocycles. The lowest BCUT2D eigenvalue weighted by atomic mass is 9.86. The van der Waals surface area contributed by atoms with E-state index in [1.54, 1.807) is 0 Å². The van der Waals surface area contributed by atoms with E-state index in [9.17, 15) is 14.7 Å². The zero-order chi connectivity index (χ0) is 9.16. The van der Waals surface area contributed by atoms with Gasteiger partial charge >= 0.3 is 0 Å². The summed E-state index contributed by atoms with van der Waals surface area (Å²) in [5.41, 5.74) is 1.64. The molecule has 1 saturated heterocycles. The van der Waals surface area contributed by atoms with Gasteiger partial charge in [0.15, 0.2) is 0 Å². The Kier molecular flexibility index (Phi) is 1.12. The van der Waals surface area contributed by atoms with Crippen LogP contribution in [0.3, 0.4) is 0 Å². The lowest BCUT2D eigenvalue weighted by Gasteiger charge is -2.19. The molecule has 1 aliphatic heterocycles. The van der Waals surface area contributed by atoms with Crippen molar-refractivity contribution in [3.8, 4) is 0 Å². The van der Waals surface area contributed by atoms with Gasteiger partial charge in [0, 0.05) is 11.5 Å². The number of fused-ring (bicyclic) bond motifs is 4. The smallest absolute Gasteiger partial charge is 0.254 e. The Bertz CT molecular complexity index is 358. The first-order chi connectivity index (χ1) is 6.18. The van der Waals surface area contributed by atoms with Gasteiger partial charge in [-0.25, -0.2) is 0 Å². The highest BCUT2D eigenvalue weighted by molar-refractivity contribution is 6.16. The molecule has 4 heteroatoms. The molecule has 2 amide bonds. The Morgan fingerprint density at radius 3 is 2.85 bits per heavy atom. The van der Waals surface area contributed by atoms with Crippen LogP contribution in [0.15, 0.2) is 11.1 Å². The molecule has 3 atom stereocenters. The van der Waals surface area contributed by atoms with Gasteiger partial charge in [-0.1, -0.05) is 5.57 Å². The third kappa shape index (κ3) is 0.698. The Morgan fingerprint density at radius 2 is 2.08 bits per heavy atom. The van der Waals surface area contributed by atoms with Crippen molar-refractivity contribution in [3.63, 3.8) is 0 Å². The van der Waals surface area contributed by atoms with Crippen LogP contribution in [0.5, 0.6) is 0 Å². The van der Waals surface area contributed by atoms with E-state index in [4.69, 9.17) is 0 Å². The lowest BCUT2D eigenvalue weighted by Crippen LogP contribution is -2.30. The summed E-state index contributed by atoms with van der Waals surface area (Å²) in [6, 6.07) is 0. The number of amides is 2. The minimum absolute atomic E-state index is 0.0311. The van der Waals surface area contributed by atoms with Gasteiger partial charge in [0.05, 0.1) is 12.0 Å². The molecule has 0 aromatic heterocycles. The number of aliphatic hydroxyl groups is 1. The third-order valence-corrected chi connectivity index (χ3v) is 3.32. The molecule has 0 unspecified atom stereocenters. The van der Waals surface area contributed by atoms with E-state index in [0.29, 0.717) is 12.0 Å². The zero-order valence-corrected chi connectivity index (χ0v) is 6.91. The summed E-state index contributed by atoms with van der Waals surface area (Å²) in [5, 5.41) is 11.8. The van der Waals surface area contributed by atoms with E-state index in [0.717, 1.165) is 12.0 Å². The van der Waals surface area contributed by atoms with Crippen LogP contribution >= 0.6 is 0 Å². The second-order valence-electron chi connectivity index (χ2n) is 3.95. The number of rotatable bonds is 0. The monoisotopic (exact) mass is 179 g/mol. The second-order valence-corrected chi connectivity index (χ2v) is 3.95. The van der Waals surface area contributed by atoms with Crippen molar-refractivity contribution in [2.45, 2.75) is 18.9 Å². The Hall–Kier alpha value is -1.16. The maximum Gasteiger partial charge on any atom is 0.254 e. The predicted molar refractivity (Wildman–Crippen MR) is 42.4 cm³/mol. The largest absolute Gasteiger partial charge is 0.392 e. The first-order valence-electron chi connectivity index (χ1n) is 4.43. The molecule has 4 nitrogen and oxygen atoms in total. The van der Waals surface area contributed by atoms with Gasteiger partial charge in [-0.2, -0.15) is 0 Å². The molecule has 1 heterocycles. The van der Waals surface area contributed by atoms with E-state index in [1.165, 1.54) is 0 Å². The van der Waals surface area contributed by atoms with E-state index in [2.05, 4.69) is 5.32 Å². The summed E-state index contributed by atoms with van der Waals surface area (Å²) >= 11 is 0. The number of aliphatic hydroxyl groups excluding tert-OH is 1. The number of carbonyl (C=O) groups is 2. The van der Waals surface area contributed by atoms with Crippen LogP contribution in [-0.2, 0) is 9.59 Å². The van der Waals surface area contributed by atoms with Crippen molar-refractivity contribution in [2.24, 2.45) is 11.8 Å². The van der Waals surface area contributed by atoms with Crippen molar-refractivity contribution < 1.29 is 14.7 Å². The van der Waals surface area contributed by atoms with Crippen LogP contribution in [0.4, 0.5) is 0 Å². The van der Waals surface area contributed by atoms with Crippen molar-refractivity contribution in [1.29, 1.82) is 0 Å². The van der Waals surface area contributed by atoms with Crippen LogP contribution < -0.4 is 5.32 Å². The molecule has 2 fully saturated rings. The Labute approximate surface area is 74.6 Å². The highest BCUT2D eigenvalue weighted by atomic mass is 16.3. The van der Waals surface area contributed by atoms with Crippen molar-refractivity contribution in [3.05, 3.63) is 11.1 Å². The fraction of sp³-hybridized carbons (Fsp3) is 0.556. The van der Waals surface area contributed by atoms with Crippen molar-refractivity contribution in [2.75, 3.05) is 0 Å². The standard InChI is InChI=1S/C9H9NO3/c11-5-2-3-1-4(5)7-6(3)8(12)10-9(7)13/h4-5,7,11H,1-2H2,(H,10,12,13)/t4-,5-,7-/m0/s1. The quantitative estimate of drug-likeness (QED) is 0.485. The molecular weight excluding hydrogens is 170 g/mol. The van der Waals surface area contributed by atoms with Gasteiger partial charge in [-0.05, 0) is 12.8 Å². The molecule has 0 radical (unpaired) electrons. The van der Waals surface area contributed by atoms with Gasteiger partial charge in [0.25, 0.3) is 5.91 Å². The maximum atomic E-state index is 11.3. The predicted octanol–water partition coefficient (Wildman–Crippen LogP) is -0.660. The number of nitrogens with one attached hydrogen (secondary N) is 1. The molecule has 2 bridgehead atoms. The number of carbonyl (C=O) groups excluding carboxylic acids is 2. The van der Waals surface area contributed by atoms with E-state index in [-0.39, 0.29) is 23.7 Å². The summed E-state index contributed by atoms with van der Waals surface area (Å²) in [4.78, 5) is 22.6. The summed E-state index contributed by atoms with van der Waals surface area (Å²) in [7, 11) is 0. The molecule has 2 N–H and O–H groups in total. The van der Waals surface area contributed by atoms with Gasteiger partial charge in [-0.3, -0.25) is 14.9 Å². The SMILES string of the molecule is O=C1NC(=O)[C@@H]2C1=C1C[C@H]2[C@@H](O)C1. The minimum Gasteiger partial charge on any atom is -0.392 e. The molecule has 13 heavy (non-hydrogen) atoms. The average Bonchev–Trinajstić information content (AvgIpc) is 2.64. The highest BCUT2D eigenvalue weighted by Gasteiger charge is 2.54. The first kappa shape index (κ1) is 7.26. The highest BCUT2D eigenvalue weighted by Crippen LogP contribution is 2.50. The van der Waals surface area contributed by atoms with Crippen LogP contribution in [0.25, 0.3) is 0 Å². The van der Waals surface area contributed by atoms with Gasteiger partial charge in [0.2, 0.25) is 5.91 Å². The van der Waals surface area contributed by atoms with E-state index in [1.807, 2.05) is 0 Å². The molecule has 0 aromatic carbocycles. The van der Waals surface area contributed by atoms with Crippen molar-refractivity contribution in [1.82, 2.24) is 5.32 Å². The van der Waals surface area contributed by atoms with Gasteiger partial charge in [-0.15, -0.1) is 0 Å². The number of hydrogen-bond acceptors (Lipinski definition) is 3. The molecule has 2 aliphatic carbocycles. The minimum atomic E-state index is -0.416. The number of imide groups is 1.